The molecule has 0 aromatic heterocycles. The lowest BCUT2D eigenvalue weighted by atomic mass is 10.3. The number of nitrogens with one attached hydrogen (secondary N) is 1. The van der Waals surface area contributed by atoms with Gasteiger partial charge in [-0.25, -0.2) is 12.8 Å². The Kier molecular flexibility index (Phi) is 4.78. The van der Waals surface area contributed by atoms with Crippen LogP contribution < -0.4 is 4.72 Å². The first kappa shape index (κ1) is 15.8. The number of sulfonamides is 1. The lowest BCUT2D eigenvalue weighted by Crippen LogP contribution is -2.14. The lowest BCUT2D eigenvalue weighted by Gasteiger charge is -2.10. The molecule has 0 spiro atoms. The van der Waals surface area contributed by atoms with Gasteiger partial charge in [-0.1, -0.05) is 23.2 Å². The molecule has 8 heteroatoms. The van der Waals surface area contributed by atoms with E-state index in [1.54, 1.807) is 24.3 Å². The molecule has 0 saturated heterocycles. The summed E-state index contributed by atoms with van der Waals surface area (Å²) in [5.41, 5.74) is 0.358. The Hall–Kier alpha value is -0.570. The molecule has 0 aliphatic carbocycles. The van der Waals surface area contributed by atoms with Crippen molar-refractivity contribution in [3.63, 3.8) is 0 Å². The van der Waals surface area contributed by atoms with Crippen LogP contribution in [0.4, 0.5) is 10.1 Å². The molecule has 0 atom stereocenters. The standard InChI is InChI=1S/C12H7Cl2FINO2S/c13-9-5-6-10(11(14)12(9)15)20(18,19)17-8-3-1-7(16)2-4-8/h1-6,17H. The third kappa shape index (κ3) is 3.36. The molecule has 0 fully saturated rings. The second-order valence-corrected chi connectivity index (χ2v) is 7.47. The molecular formula is C12H7Cl2FINO2S. The Morgan fingerprint density at radius 2 is 1.65 bits per heavy atom. The van der Waals surface area contributed by atoms with Gasteiger partial charge < -0.3 is 0 Å². The van der Waals surface area contributed by atoms with Gasteiger partial charge in [-0.3, -0.25) is 4.72 Å². The highest BCUT2D eigenvalue weighted by Crippen LogP contribution is 2.30. The van der Waals surface area contributed by atoms with E-state index in [0.717, 1.165) is 15.7 Å². The van der Waals surface area contributed by atoms with Crippen LogP contribution in [0.5, 0.6) is 0 Å². The molecular weight excluding hydrogens is 439 g/mol. The maximum atomic E-state index is 13.6. The predicted octanol–water partition coefficient (Wildman–Crippen LogP) is 4.54. The van der Waals surface area contributed by atoms with Crippen LogP contribution in [-0.2, 0) is 10.0 Å². The molecule has 0 bridgehead atoms. The third-order valence-electron chi connectivity index (χ3n) is 2.39. The van der Waals surface area contributed by atoms with E-state index in [9.17, 15) is 12.8 Å². The summed E-state index contributed by atoms with van der Waals surface area (Å²) in [7, 11) is -3.98. The minimum absolute atomic E-state index is 0.233. The Labute approximate surface area is 139 Å². The smallest absolute Gasteiger partial charge is 0.263 e. The van der Waals surface area contributed by atoms with Gasteiger partial charge in [0.1, 0.15) is 4.90 Å². The van der Waals surface area contributed by atoms with E-state index in [1.807, 2.05) is 0 Å². The second kappa shape index (κ2) is 6.05. The van der Waals surface area contributed by atoms with Gasteiger partial charge in [-0.2, -0.15) is 0 Å². The molecule has 0 amide bonds. The van der Waals surface area contributed by atoms with Gasteiger partial charge in [-0.15, -0.1) is 0 Å². The molecule has 1 N–H and O–H groups in total. The summed E-state index contributed by atoms with van der Waals surface area (Å²) in [5.74, 6) is -0.959. The summed E-state index contributed by atoms with van der Waals surface area (Å²) in [6, 6.07) is 8.97. The monoisotopic (exact) mass is 445 g/mol. The Balaban J connectivity index is 2.41. The summed E-state index contributed by atoms with van der Waals surface area (Å²) in [4.78, 5) is -0.361. The maximum Gasteiger partial charge on any atom is 0.263 e. The molecule has 0 heterocycles. The van der Waals surface area contributed by atoms with Crippen molar-refractivity contribution in [3.05, 3.63) is 55.8 Å². The van der Waals surface area contributed by atoms with Crippen molar-refractivity contribution >= 4 is 61.5 Å². The quantitative estimate of drug-likeness (QED) is 0.557. The Morgan fingerprint density at radius 3 is 2.25 bits per heavy atom. The summed E-state index contributed by atoms with van der Waals surface area (Å²) >= 11 is 13.3. The molecule has 2 aromatic carbocycles. The minimum Gasteiger partial charge on any atom is -0.280 e. The zero-order chi connectivity index (χ0) is 14.9. The van der Waals surface area contributed by atoms with Crippen LogP contribution in [0.15, 0.2) is 41.3 Å². The van der Waals surface area contributed by atoms with Crippen LogP contribution >= 0.6 is 45.8 Å². The number of rotatable bonds is 3. The largest absolute Gasteiger partial charge is 0.280 e. The van der Waals surface area contributed by atoms with Gasteiger partial charge in [0.15, 0.2) is 5.82 Å². The molecule has 2 rings (SSSR count). The minimum atomic E-state index is -3.98. The summed E-state index contributed by atoms with van der Waals surface area (Å²) < 4.78 is 41.2. The Bertz CT molecular complexity index is 751. The summed E-state index contributed by atoms with van der Waals surface area (Å²) in [6.07, 6.45) is 0. The highest BCUT2D eigenvalue weighted by atomic mass is 127. The van der Waals surface area contributed by atoms with Crippen molar-refractivity contribution < 1.29 is 12.8 Å². The molecule has 3 nitrogen and oxygen atoms in total. The zero-order valence-electron chi connectivity index (χ0n) is 9.70. The number of hydrogen-bond donors (Lipinski definition) is 1. The molecule has 0 aliphatic rings. The molecule has 20 heavy (non-hydrogen) atoms. The van der Waals surface area contributed by atoms with Crippen LogP contribution in [-0.4, -0.2) is 8.42 Å². The van der Waals surface area contributed by atoms with Gasteiger partial charge in [0, 0.05) is 9.26 Å². The van der Waals surface area contributed by atoms with Gasteiger partial charge in [0.25, 0.3) is 10.0 Å². The van der Waals surface area contributed by atoms with E-state index in [1.165, 1.54) is 0 Å². The lowest BCUT2D eigenvalue weighted by molar-refractivity contribution is 0.595. The average Bonchev–Trinajstić information content (AvgIpc) is 2.38. The highest BCUT2D eigenvalue weighted by Gasteiger charge is 2.22. The van der Waals surface area contributed by atoms with Crippen LogP contribution in [0, 0.1) is 9.39 Å². The number of benzene rings is 2. The van der Waals surface area contributed by atoms with E-state index in [-0.39, 0.29) is 9.92 Å². The first-order valence-corrected chi connectivity index (χ1v) is 8.55. The first-order chi connectivity index (χ1) is 9.31. The van der Waals surface area contributed by atoms with Crippen LogP contribution in [0.25, 0.3) is 0 Å². The third-order valence-corrected chi connectivity index (χ3v) is 5.30. The second-order valence-electron chi connectivity index (χ2n) is 3.79. The van der Waals surface area contributed by atoms with Gasteiger partial charge in [-0.05, 0) is 59.0 Å². The maximum absolute atomic E-state index is 13.6. The van der Waals surface area contributed by atoms with Crippen molar-refractivity contribution in [2.75, 3.05) is 4.72 Å². The van der Waals surface area contributed by atoms with Crippen molar-refractivity contribution in [1.29, 1.82) is 0 Å². The fourth-order valence-corrected chi connectivity index (χ4v) is 3.61. The predicted molar refractivity (Wildman–Crippen MR) is 86.4 cm³/mol. The fraction of sp³-hybridized carbons (Fsp3) is 0. The van der Waals surface area contributed by atoms with Crippen LogP contribution in [0.1, 0.15) is 0 Å². The number of hydrogen-bond acceptors (Lipinski definition) is 2. The summed E-state index contributed by atoms with van der Waals surface area (Å²) in [6.45, 7) is 0. The van der Waals surface area contributed by atoms with Crippen molar-refractivity contribution in [2.45, 2.75) is 4.90 Å². The molecule has 0 unspecified atom stereocenters. The van der Waals surface area contributed by atoms with E-state index in [2.05, 4.69) is 27.3 Å². The fourth-order valence-electron chi connectivity index (χ4n) is 1.44. The van der Waals surface area contributed by atoms with Crippen LogP contribution in [0.2, 0.25) is 10.0 Å². The molecule has 0 saturated carbocycles. The van der Waals surface area contributed by atoms with E-state index < -0.39 is 20.9 Å². The Morgan fingerprint density at radius 1 is 1.05 bits per heavy atom. The van der Waals surface area contributed by atoms with Crippen LogP contribution in [0.3, 0.4) is 0 Å². The summed E-state index contributed by atoms with van der Waals surface area (Å²) in [5, 5.41) is -0.765. The normalized spacial score (nSPS) is 11.4. The van der Waals surface area contributed by atoms with Gasteiger partial charge in [0.05, 0.1) is 10.0 Å². The highest BCUT2D eigenvalue weighted by molar-refractivity contribution is 14.1. The molecule has 0 radical (unpaired) electrons. The van der Waals surface area contributed by atoms with Gasteiger partial charge >= 0.3 is 0 Å². The van der Waals surface area contributed by atoms with Crippen molar-refractivity contribution in [2.24, 2.45) is 0 Å². The SMILES string of the molecule is O=S(=O)(Nc1ccc(I)cc1)c1ccc(Cl)c(F)c1Cl. The van der Waals surface area contributed by atoms with E-state index in [0.29, 0.717) is 5.69 Å². The average molecular weight is 446 g/mol. The molecule has 2 aromatic rings. The van der Waals surface area contributed by atoms with E-state index >= 15 is 0 Å². The number of halogens is 4. The van der Waals surface area contributed by atoms with Gasteiger partial charge in [0.2, 0.25) is 0 Å². The first-order valence-electron chi connectivity index (χ1n) is 5.23. The van der Waals surface area contributed by atoms with Crippen molar-refractivity contribution in [3.8, 4) is 0 Å². The number of anilines is 1. The van der Waals surface area contributed by atoms with E-state index in [4.69, 9.17) is 23.2 Å². The zero-order valence-corrected chi connectivity index (χ0v) is 14.2. The van der Waals surface area contributed by atoms with Crippen molar-refractivity contribution in [1.82, 2.24) is 0 Å². The molecule has 0 aliphatic heterocycles. The molecule has 106 valence electrons. The topological polar surface area (TPSA) is 46.2 Å².